The Labute approximate surface area is 142 Å². The highest BCUT2D eigenvalue weighted by Crippen LogP contribution is 2.38. The number of azide groups is 1. The quantitative estimate of drug-likeness (QED) is 0.168. The van der Waals surface area contributed by atoms with E-state index in [2.05, 4.69) is 16.6 Å². The molecule has 0 aromatic heterocycles. The average molecular weight is 331 g/mol. The minimum absolute atomic E-state index is 0.0104. The van der Waals surface area contributed by atoms with E-state index in [1.807, 2.05) is 37.3 Å². The molecule has 24 heavy (non-hydrogen) atoms. The highest BCUT2D eigenvalue weighted by atomic mass is 16.6. The fraction of sp³-hybridized carbons (Fsp3) is 0.556. The third kappa shape index (κ3) is 5.35. The van der Waals surface area contributed by atoms with Crippen molar-refractivity contribution in [3.05, 3.63) is 58.5 Å². The summed E-state index contributed by atoms with van der Waals surface area (Å²) >= 11 is 0. The van der Waals surface area contributed by atoms with E-state index in [1.165, 1.54) is 0 Å². The molecule has 130 valence electrons. The molecule has 1 heterocycles. The van der Waals surface area contributed by atoms with Crippen molar-refractivity contribution in [2.24, 2.45) is 17.0 Å². The molecule has 0 spiro atoms. The normalized spacial score (nSPS) is 21.6. The minimum Gasteiger partial charge on any atom is -0.394 e. The van der Waals surface area contributed by atoms with Crippen LogP contribution in [-0.4, -0.2) is 37.1 Å². The molecule has 4 atom stereocenters. The lowest BCUT2D eigenvalue weighted by molar-refractivity contribution is 0.0950. The van der Waals surface area contributed by atoms with E-state index in [1.54, 1.807) is 0 Å². The van der Waals surface area contributed by atoms with Gasteiger partial charge >= 0.3 is 0 Å². The van der Waals surface area contributed by atoms with Gasteiger partial charge in [0.2, 0.25) is 0 Å². The molecule has 4 unspecified atom stereocenters. The van der Waals surface area contributed by atoms with Crippen LogP contribution in [0.25, 0.3) is 10.4 Å². The number of benzene rings is 1. The summed E-state index contributed by atoms with van der Waals surface area (Å²) in [5, 5.41) is 13.0. The Balaban J connectivity index is 1.90. The van der Waals surface area contributed by atoms with E-state index in [0.29, 0.717) is 19.8 Å². The van der Waals surface area contributed by atoms with E-state index in [9.17, 15) is 5.11 Å². The van der Waals surface area contributed by atoms with Crippen LogP contribution >= 0.6 is 0 Å². The van der Waals surface area contributed by atoms with Crippen LogP contribution in [0.1, 0.15) is 18.9 Å². The van der Waals surface area contributed by atoms with Crippen molar-refractivity contribution in [1.29, 1.82) is 0 Å². The number of hydrogen-bond donors (Lipinski definition) is 1. The molecular weight excluding hydrogens is 306 g/mol. The van der Waals surface area contributed by atoms with E-state index in [-0.39, 0.29) is 30.7 Å². The van der Waals surface area contributed by atoms with Crippen LogP contribution in [0, 0.1) is 11.8 Å². The predicted octanol–water partition coefficient (Wildman–Crippen LogP) is 3.47. The van der Waals surface area contributed by atoms with Gasteiger partial charge < -0.3 is 14.6 Å². The van der Waals surface area contributed by atoms with Gasteiger partial charge in [0.1, 0.15) is 6.10 Å². The van der Waals surface area contributed by atoms with Crippen LogP contribution in [0.3, 0.4) is 0 Å². The fourth-order valence-electron chi connectivity index (χ4n) is 3.04. The second-order valence-corrected chi connectivity index (χ2v) is 6.18. The molecule has 6 nitrogen and oxygen atoms in total. The summed E-state index contributed by atoms with van der Waals surface area (Å²) in [5.41, 5.74) is 10.7. The smallest absolute Gasteiger partial charge is 0.107 e. The number of rotatable bonds is 11. The summed E-state index contributed by atoms with van der Waals surface area (Å²) in [6.45, 7) is 7.47. The summed E-state index contributed by atoms with van der Waals surface area (Å²) in [4.78, 5) is 2.86. The standard InChI is InChI=1S/C18H25N3O3/c1-13(2)16(10-20-21-19)15(18-17(11-22)24-18)8-9-23-12-14-6-4-3-5-7-14/h3-7,15-18,22H,1,8-12H2,2H3. The molecule has 0 radical (unpaired) electrons. The lowest BCUT2D eigenvalue weighted by Gasteiger charge is -2.25. The Morgan fingerprint density at radius 2 is 2.21 bits per heavy atom. The molecule has 1 N–H and O–H groups in total. The monoisotopic (exact) mass is 331 g/mol. The molecule has 1 fully saturated rings. The maximum atomic E-state index is 9.28. The Kier molecular flexibility index (Phi) is 7.28. The van der Waals surface area contributed by atoms with Crippen molar-refractivity contribution in [2.45, 2.75) is 32.2 Å². The first kappa shape index (κ1) is 18.5. The van der Waals surface area contributed by atoms with Gasteiger partial charge in [-0.15, -0.1) is 0 Å². The van der Waals surface area contributed by atoms with Gasteiger partial charge in [-0.1, -0.05) is 47.6 Å². The lowest BCUT2D eigenvalue weighted by atomic mass is 9.82. The molecule has 1 saturated heterocycles. The topological polar surface area (TPSA) is 90.8 Å². The minimum atomic E-state index is -0.128. The van der Waals surface area contributed by atoms with Crippen molar-refractivity contribution in [3.63, 3.8) is 0 Å². The fourth-order valence-corrected chi connectivity index (χ4v) is 3.04. The highest BCUT2D eigenvalue weighted by Gasteiger charge is 2.46. The van der Waals surface area contributed by atoms with Crippen LogP contribution in [0.5, 0.6) is 0 Å². The van der Waals surface area contributed by atoms with Crippen LogP contribution in [-0.2, 0) is 16.1 Å². The number of ether oxygens (including phenoxy) is 2. The maximum absolute atomic E-state index is 9.28. The van der Waals surface area contributed by atoms with E-state index < -0.39 is 0 Å². The molecule has 1 aromatic rings. The second-order valence-electron chi connectivity index (χ2n) is 6.18. The van der Waals surface area contributed by atoms with Gasteiger partial charge in [0, 0.05) is 18.1 Å². The summed E-state index contributed by atoms with van der Waals surface area (Å²) in [7, 11) is 0. The average Bonchev–Trinajstić information content (AvgIpc) is 3.37. The van der Waals surface area contributed by atoms with Gasteiger partial charge in [-0.05, 0) is 36.3 Å². The van der Waals surface area contributed by atoms with Crippen molar-refractivity contribution in [3.8, 4) is 0 Å². The molecule has 6 heteroatoms. The van der Waals surface area contributed by atoms with E-state index >= 15 is 0 Å². The molecule has 0 amide bonds. The highest BCUT2D eigenvalue weighted by molar-refractivity contribution is 5.13. The number of epoxide rings is 1. The lowest BCUT2D eigenvalue weighted by Crippen LogP contribution is -2.27. The first-order valence-corrected chi connectivity index (χ1v) is 8.21. The molecule has 1 aliphatic heterocycles. The van der Waals surface area contributed by atoms with Gasteiger partial charge in [-0.25, -0.2) is 0 Å². The number of aliphatic hydroxyl groups excluding tert-OH is 1. The molecule has 1 aliphatic rings. The van der Waals surface area contributed by atoms with Crippen molar-refractivity contribution >= 4 is 0 Å². The molecule has 2 rings (SSSR count). The van der Waals surface area contributed by atoms with Gasteiger partial charge in [0.05, 0.1) is 19.3 Å². The predicted molar refractivity (Wildman–Crippen MR) is 92.3 cm³/mol. The molecule has 0 bridgehead atoms. The molecule has 1 aromatic carbocycles. The van der Waals surface area contributed by atoms with Crippen LogP contribution in [0.2, 0.25) is 0 Å². The third-order valence-electron chi connectivity index (χ3n) is 4.42. The Bertz CT molecular complexity index is 572. The summed E-state index contributed by atoms with van der Waals surface area (Å²) in [6, 6.07) is 10.0. The summed E-state index contributed by atoms with van der Waals surface area (Å²) in [5.74, 6) is 0.156. The first-order valence-electron chi connectivity index (χ1n) is 8.21. The zero-order chi connectivity index (χ0) is 17.4. The van der Waals surface area contributed by atoms with Crippen molar-refractivity contribution < 1.29 is 14.6 Å². The third-order valence-corrected chi connectivity index (χ3v) is 4.42. The van der Waals surface area contributed by atoms with Gasteiger partial charge in [-0.2, -0.15) is 0 Å². The van der Waals surface area contributed by atoms with Gasteiger partial charge in [0.25, 0.3) is 0 Å². The van der Waals surface area contributed by atoms with Crippen molar-refractivity contribution in [1.82, 2.24) is 0 Å². The first-order chi connectivity index (χ1) is 11.7. The largest absolute Gasteiger partial charge is 0.394 e. The second kappa shape index (κ2) is 9.45. The maximum Gasteiger partial charge on any atom is 0.107 e. The number of aliphatic hydroxyl groups is 1. The van der Waals surface area contributed by atoms with Gasteiger partial charge in [-0.3, -0.25) is 0 Å². The SMILES string of the molecule is C=C(C)C(CN=[N+]=[N-])C(CCOCc1ccccc1)C1OC1CO. The Hall–Kier alpha value is -1.85. The zero-order valence-corrected chi connectivity index (χ0v) is 14.0. The van der Waals surface area contributed by atoms with Crippen LogP contribution in [0.4, 0.5) is 0 Å². The number of nitrogens with zero attached hydrogens (tertiary/aromatic N) is 3. The molecular formula is C18H25N3O3. The molecule has 0 aliphatic carbocycles. The van der Waals surface area contributed by atoms with Crippen LogP contribution < -0.4 is 0 Å². The Morgan fingerprint density at radius 1 is 1.46 bits per heavy atom. The summed E-state index contributed by atoms with van der Waals surface area (Å²) < 4.78 is 11.4. The van der Waals surface area contributed by atoms with Crippen molar-refractivity contribution in [2.75, 3.05) is 19.8 Å². The molecule has 0 saturated carbocycles. The van der Waals surface area contributed by atoms with Gasteiger partial charge in [0.15, 0.2) is 0 Å². The number of hydrogen-bond acceptors (Lipinski definition) is 4. The Morgan fingerprint density at radius 3 is 2.79 bits per heavy atom. The zero-order valence-electron chi connectivity index (χ0n) is 14.0. The van der Waals surface area contributed by atoms with Crippen LogP contribution in [0.15, 0.2) is 47.6 Å². The summed E-state index contributed by atoms with van der Waals surface area (Å²) in [6.07, 6.45) is 0.620. The van der Waals surface area contributed by atoms with E-state index in [0.717, 1.165) is 17.6 Å². The van der Waals surface area contributed by atoms with E-state index in [4.69, 9.17) is 15.0 Å².